The van der Waals surface area contributed by atoms with Gasteiger partial charge >= 0.3 is 0 Å². The van der Waals surface area contributed by atoms with Gasteiger partial charge in [-0.25, -0.2) is 0 Å². The molecule has 76 valence electrons. The molecule has 0 heterocycles. The highest BCUT2D eigenvalue weighted by atomic mass is 16.1. The smallest absolute Gasteiger partial charge is 0.136 e. The third-order valence-electron chi connectivity index (χ3n) is 3.19. The summed E-state index contributed by atoms with van der Waals surface area (Å²) in [6, 6.07) is 0. The van der Waals surface area contributed by atoms with E-state index in [-0.39, 0.29) is 0 Å². The zero-order valence-corrected chi connectivity index (χ0v) is 9.18. The lowest BCUT2D eigenvalue weighted by molar-refractivity contribution is -0.120. The number of hydrogen-bond acceptors (Lipinski definition) is 1. The van der Waals surface area contributed by atoms with Gasteiger partial charge in [0.1, 0.15) is 5.78 Å². The Morgan fingerprint density at radius 3 is 2.54 bits per heavy atom. The van der Waals surface area contributed by atoms with Crippen LogP contribution in [0.3, 0.4) is 0 Å². The van der Waals surface area contributed by atoms with E-state index in [4.69, 9.17) is 0 Å². The maximum atomic E-state index is 11.5. The molecule has 0 aromatic rings. The summed E-state index contributed by atoms with van der Waals surface area (Å²) >= 11 is 0. The van der Waals surface area contributed by atoms with Gasteiger partial charge in [-0.1, -0.05) is 33.6 Å². The van der Waals surface area contributed by atoms with Crippen LogP contribution in [0, 0.1) is 17.8 Å². The van der Waals surface area contributed by atoms with E-state index in [1.807, 2.05) is 0 Å². The summed E-state index contributed by atoms with van der Waals surface area (Å²) in [5.74, 6) is 2.39. The first-order valence-electron chi connectivity index (χ1n) is 5.67. The van der Waals surface area contributed by atoms with Crippen LogP contribution in [0.4, 0.5) is 0 Å². The molecular weight excluding hydrogens is 160 g/mol. The van der Waals surface area contributed by atoms with Crippen LogP contribution >= 0.6 is 0 Å². The van der Waals surface area contributed by atoms with E-state index < -0.39 is 0 Å². The molecule has 1 heteroatoms. The van der Waals surface area contributed by atoms with Crippen molar-refractivity contribution >= 4 is 5.78 Å². The highest BCUT2D eigenvalue weighted by molar-refractivity contribution is 5.83. The van der Waals surface area contributed by atoms with Crippen LogP contribution in [-0.4, -0.2) is 5.78 Å². The Morgan fingerprint density at radius 2 is 2.08 bits per heavy atom. The highest BCUT2D eigenvalue weighted by Crippen LogP contribution is 2.39. The van der Waals surface area contributed by atoms with Gasteiger partial charge in [0.05, 0.1) is 0 Å². The van der Waals surface area contributed by atoms with Crippen molar-refractivity contribution in [3.63, 3.8) is 0 Å². The molecule has 3 unspecified atom stereocenters. The van der Waals surface area contributed by atoms with Gasteiger partial charge < -0.3 is 0 Å². The van der Waals surface area contributed by atoms with Gasteiger partial charge in [-0.2, -0.15) is 0 Å². The second-order valence-electron chi connectivity index (χ2n) is 4.72. The van der Waals surface area contributed by atoms with Crippen LogP contribution in [0.15, 0.2) is 0 Å². The molecule has 0 amide bonds. The van der Waals surface area contributed by atoms with Crippen molar-refractivity contribution in [2.75, 3.05) is 0 Å². The molecule has 13 heavy (non-hydrogen) atoms. The normalized spacial score (nSPS) is 28.5. The first kappa shape index (κ1) is 10.7. The summed E-state index contributed by atoms with van der Waals surface area (Å²) in [6.45, 7) is 6.65. The van der Waals surface area contributed by atoms with Crippen molar-refractivity contribution < 1.29 is 4.79 Å². The molecule has 0 aliphatic heterocycles. The maximum absolute atomic E-state index is 11.5. The Bertz CT molecular complexity index is 174. The number of carbonyl (C=O) groups excluding carboxylic acids is 1. The number of carbonyl (C=O) groups is 1. The second-order valence-corrected chi connectivity index (χ2v) is 4.72. The number of hydrogen-bond donors (Lipinski definition) is 0. The molecule has 0 aromatic carbocycles. The molecule has 1 saturated carbocycles. The summed E-state index contributed by atoms with van der Waals surface area (Å²) in [6.07, 6.45) is 5.61. The Morgan fingerprint density at radius 1 is 1.46 bits per heavy atom. The van der Waals surface area contributed by atoms with Gasteiger partial charge in [0, 0.05) is 12.3 Å². The Balaban J connectivity index is 2.08. The lowest BCUT2D eigenvalue weighted by Crippen LogP contribution is -2.05. The van der Waals surface area contributed by atoms with Crippen molar-refractivity contribution in [3.8, 4) is 0 Å². The van der Waals surface area contributed by atoms with E-state index in [1.54, 1.807) is 0 Å². The minimum Gasteiger partial charge on any atom is -0.299 e. The number of rotatable bonds is 6. The van der Waals surface area contributed by atoms with Crippen LogP contribution < -0.4 is 0 Å². The fraction of sp³-hybridized carbons (Fsp3) is 0.917. The zero-order valence-electron chi connectivity index (χ0n) is 9.18. The van der Waals surface area contributed by atoms with Crippen molar-refractivity contribution in [1.82, 2.24) is 0 Å². The second kappa shape index (κ2) is 4.78. The quantitative estimate of drug-likeness (QED) is 0.615. The summed E-state index contributed by atoms with van der Waals surface area (Å²) in [5.41, 5.74) is 0. The van der Waals surface area contributed by atoms with E-state index in [9.17, 15) is 4.79 Å². The molecule has 1 aliphatic carbocycles. The highest BCUT2D eigenvalue weighted by Gasteiger charge is 2.38. The van der Waals surface area contributed by atoms with Gasteiger partial charge in [-0.05, 0) is 24.7 Å². The first-order valence-corrected chi connectivity index (χ1v) is 5.67. The monoisotopic (exact) mass is 182 g/mol. The molecule has 1 nitrogen and oxygen atoms in total. The third kappa shape index (κ3) is 3.50. The van der Waals surface area contributed by atoms with Gasteiger partial charge in [-0.15, -0.1) is 0 Å². The summed E-state index contributed by atoms with van der Waals surface area (Å²) in [4.78, 5) is 11.5. The Kier molecular flexibility index (Phi) is 3.95. The zero-order chi connectivity index (χ0) is 9.84. The average Bonchev–Trinajstić information content (AvgIpc) is 2.79. The fourth-order valence-corrected chi connectivity index (χ4v) is 1.98. The van der Waals surface area contributed by atoms with Crippen molar-refractivity contribution in [2.45, 2.75) is 52.9 Å². The lowest BCUT2D eigenvalue weighted by Gasteiger charge is -2.08. The molecule has 1 rings (SSSR count). The maximum Gasteiger partial charge on any atom is 0.136 e. The topological polar surface area (TPSA) is 17.1 Å². The molecule has 0 N–H and O–H groups in total. The van der Waals surface area contributed by atoms with Gasteiger partial charge in [-0.3, -0.25) is 4.79 Å². The molecule has 1 aliphatic rings. The van der Waals surface area contributed by atoms with Crippen LogP contribution in [0.25, 0.3) is 0 Å². The standard InChI is InChI=1S/C12H22O/c1-4-5-9(2)6-7-12(13)11-8-10(11)3/h9-11H,4-8H2,1-3H3. The lowest BCUT2D eigenvalue weighted by atomic mass is 9.97. The number of ketones is 1. The van der Waals surface area contributed by atoms with Crippen LogP contribution in [-0.2, 0) is 4.79 Å². The van der Waals surface area contributed by atoms with E-state index in [2.05, 4.69) is 20.8 Å². The largest absolute Gasteiger partial charge is 0.299 e. The molecule has 0 aromatic heterocycles. The molecule has 0 bridgehead atoms. The first-order chi connectivity index (χ1) is 6.15. The van der Waals surface area contributed by atoms with E-state index in [1.165, 1.54) is 12.8 Å². The Labute approximate surface area is 81.9 Å². The molecular formula is C12H22O. The SMILES string of the molecule is CCCC(C)CCC(=O)C1CC1C. The molecule has 1 fully saturated rings. The summed E-state index contributed by atoms with van der Waals surface area (Å²) in [7, 11) is 0. The molecule has 3 atom stereocenters. The van der Waals surface area contributed by atoms with Crippen molar-refractivity contribution in [2.24, 2.45) is 17.8 Å². The van der Waals surface area contributed by atoms with Crippen molar-refractivity contribution in [1.29, 1.82) is 0 Å². The minimum absolute atomic E-state index is 0.439. The van der Waals surface area contributed by atoms with E-state index >= 15 is 0 Å². The van der Waals surface area contributed by atoms with Crippen LogP contribution in [0.5, 0.6) is 0 Å². The van der Waals surface area contributed by atoms with Gasteiger partial charge in [0.15, 0.2) is 0 Å². The fourth-order valence-electron chi connectivity index (χ4n) is 1.98. The van der Waals surface area contributed by atoms with Crippen LogP contribution in [0.1, 0.15) is 52.9 Å². The predicted octanol–water partition coefficient (Wildman–Crippen LogP) is 3.43. The molecule has 0 radical (unpaired) electrons. The third-order valence-corrected chi connectivity index (χ3v) is 3.19. The number of Topliss-reactive ketones (excluding diaryl/α,β-unsaturated/α-hetero) is 1. The molecule has 0 spiro atoms. The molecule has 0 saturated heterocycles. The van der Waals surface area contributed by atoms with Crippen LogP contribution in [0.2, 0.25) is 0 Å². The summed E-state index contributed by atoms with van der Waals surface area (Å²) < 4.78 is 0. The average molecular weight is 182 g/mol. The van der Waals surface area contributed by atoms with Gasteiger partial charge in [0.2, 0.25) is 0 Å². The van der Waals surface area contributed by atoms with E-state index in [0.29, 0.717) is 17.6 Å². The minimum atomic E-state index is 0.439. The summed E-state index contributed by atoms with van der Waals surface area (Å²) in [5, 5.41) is 0. The van der Waals surface area contributed by atoms with E-state index in [0.717, 1.165) is 25.2 Å². The predicted molar refractivity (Wildman–Crippen MR) is 55.6 cm³/mol. The van der Waals surface area contributed by atoms with Gasteiger partial charge in [0.25, 0.3) is 0 Å². The Hall–Kier alpha value is -0.330. The van der Waals surface area contributed by atoms with Crippen molar-refractivity contribution in [3.05, 3.63) is 0 Å².